The third-order valence-electron chi connectivity index (χ3n) is 3.48. The number of nitro benzene ring substituents is 1. The molecule has 0 fully saturated rings. The van der Waals surface area contributed by atoms with E-state index in [0.717, 1.165) is 35.7 Å². The molecule has 0 unspecified atom stereocenters. The molecule has 12 heteroatoms. The number of thiazole rings is 1. The number of pyridine rings is 1. The molecule has 1 aromatic carbocycles. The average molecular weight is 399 g/mol. The Morgan fingerprint density at radius 3 is 2.48 bits per heavy atom. The molecule has 2 N–H and O–H groups in total. The van der Waals surface area contributed by atoms with Crippen LogP contribution in [0.2, 0.25) is 0 Å². The van der Waals surface area contributed by atoms with Gasteiger partial charge in [-0.2, -0.15) is 17.9 Å². The molecule has 0 aliphatic carbocycles. The van der Waals surface area contributed by atoms with E-state index in [1.165, 1.54) is 5.38 Å². The van der Waals surface area contributed by atoms with Gasteiger partial charge in [-0.1, -0.05) is 0 Å². The SMILES string of the molecule is O=[N+]([O-])c1cc(-c2csc(-c3cc(C(F)(F)F)c[n+]([O-])c3)n2)cc(O)c1O. The monoisotopic (exact) mass is 399 g/mol. The molecule has 0 radical (unpaired) electrons. The minimum Gasteiger partial charge on any atom is -0.619 e. The fourth-order valence-electron chi connectivity index (χ4n) is 2.26. The predicted octanol–water partition coefficient (Wildman–Crippen LogP) is 3.45. The number of alkyl halides is 3. The van der Waals surface area contributed by atoms with Crippen LogP contribution in [0.3, 0.4) is 0 Å². The third kappa shape index (κ3) is 3.60. The molecular formula is C15H8F3N3O5S. The largest absolute Gasteiger partial charge is 0.619 e. The van der Waals surface area contributed by atoms with Gasteiger partial charge >= 0.3 is 11.9 Å². The molecule has 0 saturated carbocycles. The first-order valence-electron chi connectivity index (χ1n) is 7.04. The van der Waals surface area contributed by atoms with E-state index in [2.05, 4.69) is 4.98 Å². The number of hydrogen-bond acceptors (Lipinski definition) is 7. The van der Waals surface area contributed by atoms with Gasteiger partial charge in [-0.3, -0.25) is 10.1 Å². The topological polar surface area (TPSA) is 123 Å². The first kappa shape index (κ1) is 18.4. The molecular weight excluding hydrogens is 391 g/mol. The van der Waals surface area contributed by atoms with Crippen molar-refractivity contribution in [2.45, 2.75) is 6.18 Å². The Balaban J connectivity index is 2.06. The molecule has 0 saturated heterocycles. The fourth-order valence-corrected chi connectivity index (χ4v) is 3.07. The Morgan fingerprint density at radius 2 is 1.85 bits per heavy atom. The number of aromatic hydroxyl groups is 2. The molecule has 0 amide bonds. The first-order chi connectivity index (χ1) is 12.6. The summed E-state index contributed by atoms with van der Waals surface area (Å²) < 4.78 is 38.6. The number of halogens is 3. The summed E-state index contributed by atoms with van der Waals surface area (Å²) in [6.45, 7) is 0. The highest BCUT2D eigenvalue weighted by molar-refractivity contribution is 7.13. The van der Waals surface area contributed by atoms with E-state index in [9.17, 15) is 38.7 Å². The summed E-state index contributed by atoms with van der Waals surface area (Å²) in [5.41, 5.74) is -1.81. The highest BCUT2D eigenvalue weighted by atomic mass is 32.1. The predicted molar refractivity (Wildman–Crippen MR) is 86.9 cm³/mol. The lowest BCUT2D eigenvalue weighted by atomic mass is 10.1. The van der Waals surface area contributed by atoms with Crippen LogP contribution in [0.25, 0.3) is 21.8 Å². The van der Waals surface area contributed by atoms with Gasteiger partial charge in [0.15, 0.2) is 18.1 Å². The third-order valence-corrected chi connectivity index (χ3v) is 4.38. The van der Waals surface area contributed by atoms with Crippen molar-refractivity contribution >= 4 is 17.0 Å². The van der Waals surface area contributed by atoms with Crippen LogP contribution >= 0.6 is 11.3 Å². The second-order valence-corrected chi connectivity index (χ2v) is 6.19. The zero-order valence-electron chi connectivity index (χ0n) is 13.0. The van der Waals surface area contributed by atoms with Crippen LogP contribution in [0.1, 0.15) is 5.56 Å². The quantitative estimate of drug-likeness (QED) is 0.229. The lowest BCUT2D eigenvalue weighted by molar-refractivity contribution is -0.606. The van der Waals surface area contributed by atoms with Crippen LogP contribution in [0.4, 0.5) is 18.9 Å². The van der Waals surface area contributed by atoms with Gasteiger partial charge in [0.05, 0.1) is 16.2 Å². The molecule has 2 heterocycles. The normalized spacial score (nSPS) is 11.5. The van der Waals surface area contributed by atoms with E-state index in [4.69, 9.17) is 0 Å². The summed E-state index contributed by atoms with van der Waals surface area (Å²) in [5, 5.41) is 43.0. The summed E-state index contributed by atoms with van der Waals surface area (Å²) >= 11 is 0.905. The van der Waals surface area contributed by atoms with Crippen LogP contribution in [-0.4, -0.2) is 20.1 Å². The van der Waals surface area contributed by atoms with Gasteiger partial charge in [0.1, 0.15) is 10.6 Å². The lowest BCUT2D eigenvalue weighted by Crippen LogP contribution is -2.27. The molecule has 8 nitrogen and oxygen atoms in total. The van der Waals surface area contributed by atoms with Crippen molar-refractivity contribution in [3.63, 3.8) is 0 Å². The minimum atomic E-state index is -4.72. The van der Waals surface area contributed by atoms with Crippen LogP contribution in [0, 0.1) is 15.3 Å². The van der Waals surface area contributed by atoms with Gasteiger partial charge in [-0.25, -0.2) is 4.98 Å². The lowest BCUT2D eigenvalue weighted by Gasteiger charge is -2.07. The summed E-state index contributed by atoms with van der Waals surface area (Å²) in [6.07, 6.45) is -3.42. The minimum absolute atomic E-state index is 0.0104. The molecule has 0 bridgehead atoms. The van der Waals surface area contributed by atoms with Gasteiger partial charge in [0.25, 0.3) is 0 Å². The van der Waals surface area contributed by atoms with Crippen molar-refractivity contribution in [2.24, 2.45) is 0 Å². The second kappa shape index (κ2) is 6.39. The van der Waals surface area contributed by atoms with Crippen molar-refractivity contribution in [3.8, 4) is 33.3 Å². The van der Waals surface area contributed by atoms with Crippen LogP contribution in [-0.2, 0) is 6.18 Å². The van der Waals surface area contributed by atoms with Crippen molar-refractivity contribution in [1.82, 2.24) is 4.98 Å². The van der Waals surface area contributed by atoms with Crippen LogP contribution in [0.15, 0.2) is 36.0 Å². The zero-order valence-corrected chi connectivity index (χ0v) is 13.8. The van der Waals surface area contributed by atoms with Crippen LogP contribution in [0.5, 0.6) is 11.5 Å². The summed E-state index contributed by atoms with van der Waals surface area (Å²) in [7, 11) is 0. The van der Waals surface area contributed by atoms with E-state index in [0.29, 0.717) is 6.20 Å². The molecule has 0 aliphatic heterocycles. The van der Waals surface area contributed by atoms with Gasteiger partial charge < -0.3 is 15.4 Å². The molecule has 0 aliphatic rings. The standard InChI is InChI=1S/C15H8F3N3O5S/c16-15(17,18)9-1-8(4-20(24)5-9)14-19-10(6-27-14)7-2-11(21(25)26)13(23)12(22)3-7/h1-6,22-23H. The molecule has 2 aromatic heterocycles. The van der Waals surface area contributed by atoms with E-state index in [1.807, 2.05) is 0 Å². The van der Waals surface area contributed by atoms with Gasteiger partial charge in [-0.05, 0) is 12.1 Å². The summed E-state index contributed by atoms with van der Waals surface area (Å²) in [6, 6.07) is 2.75. The number of nitro groups is 1. The maximum Gasteiger partial charge on any atom is 0.422 e. The number of rotatable bonds is 3. The highest BCUT2D eigenvalue weighted by Crippen LogP contribution is 2.40. The fraction of sp³-hybridized carbons (Fsp3) is 0.0667. The Hall–Kier alpha value is -3.41. The van der Waals surface area contributed by atoms with E-state index in [-0.39, 0.29) is 26.6 Å². The molecule has 0 spiro atoms. The Labute approximate surface area is 152 Å². The zero-order chi connectivity index (χ0) is 19.9. The smallest absolute Gasteiger partial charge is 0.422 e. The van der Waals surface area contributed by atoms with Crippen LogP contribution < -0.4 is 4.73 Å². The van der Waals surface area contributed by atoms with E-state index in [1.54, 1.807) is 0 Å². The number of nitrogens with zero attached hydrogens (tertiary/aromatic N) is 3. The van der Waals surface area contributed by atoms with Crippen molar-refractivity contribution in [3.05, 3.63) is 56.9 Å². The van der Waals surface area contributed by atoms with Gasteiger partial charge in [-0.15, -0.1) is 11.3 Å². The maximum atomic E-state index is 12.9. The van der Waals surface area contributed by atoms with Crippen molar-refractivity contribution in [2.75, 3.05) is 0 Å². The van der Waals surface area contributed by atoms with Crippen molar-refractivity contribution in [1.29, 1.82) is 0 Å². The summed E-state index contributed by atoms with van der Waals surface area (Å²) in [4.78, 5) is 14.1. The van der Waals surface area contributed by atoms with E-state index >= 15 is 0 Å². The molecule has 140 valence electrons. The Kier molecular flexibility index (Phi) is 4.35. The first-order valence-corrected chi connectivity index (χ1v) is 7.92. The summed E-state index contributed by atoms with van der Waals surface area (Å²) in [5.74, 6) is -1.66. The number of phenolic OH excluding ortho intramolecular Hbond substituents is 2. The van der Waals surface area contributed by atoms with Gasteiger partial charge in [0, 0.05) is 17.0 Å². The highest BCUT2D eigenvalue weighted by Gasteiger charge is 2.34. The number of benzene rings is 1. The number of aromatic nitrogens is 2. The number of hydrogen-bond donors (Lipinski definition) is 2. The Bertz CT molecular complexity index is 1050. The van der Waals surface area contributed by atoms with Gasteiger partial charge in [0.2, 0.25) is 5.75 Å². The molecule has 3 aromatic rings. The number of phenols is 2. The molecule has 0 atom stereocenters. The molecule has 3 rings (SSSR count). The second-order valence-electron chi connectivity index (χ2n) is 5.33. The average Bonchev–Trinajstić information content (AvgIpc) is 3.05. The van der Waals surface area contributed by atoms with E-state index < -0.39 is 33.8 Å². The molecule has 27 heavy (non-hydrogen) atoms. The maximum absolute atomic E-state index is 12.9. The Morgan fingerprint density at radius 1 is 1.15 bits per heavy atom. The van der Waals surface area contributed by atoms with Crippen molar-refractivity contribution < 1.29 is 33.0 Å².